The van der Waals surface area contributed by atoms with E-state index in [2.05, 4.69) is 0 Å². The Morgan fingerprint density at radius 2 is 1.82 bits per heavy atom. The van der Waals surface area contributed by atoms with Gasteiger partial charge in [-0.2, -0.15) is 0 Å². The quantitative estimate of drug-likeness (QED) is 0.762. The minimum Gasteiger partial charge on any atom is -0.342 e. The van der Waals surface area contributed by atoms with Gasteiger partial charge in [-0.15, -0.1) is 11.8 Å². The van der Waals surface area contributed by atoms with Crippen molar-refractivity contribution in [2.45, 2.75) is 30.9 Å². The molecule has 0 aliphatic rings. The van der Waals surface area contributed by atoms with Crippen molar-refractivity contribution in [2.75, 3.05) is 13.1 Å². The van der Waals surface area contributed by atoms with Crippen molar-refractivity contribution < 1.29 is 4.79 Å². The molecular formula is C13H18ClNOS. The number of nitrogens with zero attached hydrogens (tertiary/aromatic N) is 1. The average molecular weight is 272 g/mol. The van der Waals surface area contributed by atoms with Gasteiger partial charge in [0.2, 0.25) is 5.91 Å². The predicted molar refractivity (Wildman–Crippen MR) is 74.7 cm³/mol. The fraction of sp³-hybridized carbons (Fsp3) is 0.462. The second kappa shape index (κ2) is 6.92. The Bertz CT molecular complexity index is 362. The van der Waals surface area contributed by atoms with Crippen LogP contribution in [0.25, 0.3) is 0 Å². The van der Waals surface area contributed by atoms with Crippen molar-refractivity contribution in [3.8, 4) is 0 Å². The molecule has 94 valence electrons. The summed E-state index contributed by atoms with van der Waals surface area (Å²) in [5.74, 6) is 0.190. The van der Waals surface area contributed by atoms with E-state index in [0.29, 0.717) is 0 Å². The number of amides is 1. The smallest absolute Gasteiger partial charge is 0.235 e. The number of benzene rings is 1. The van der Waals surface area contributed by atoms with E-state index in [1.807, 2.05) is 49.9 Å². The zero-order chi connectivity index (χ0) is 12.8. The molecule has 0 heterocycles. The molecule has 1 aromatic rings. The Morgan fingerprint density at radius 3 is 2.29 bits per heavy atom. The molecule has 0 radical (unpaired) electrons. The molecule has 4 heteroatoms. The SMILES string of the molecule is CCN(CC)C(=O)C(C)Sc1ccc(Cl)cc1. The average Bonchev–Trinajstić information content (AvgIpc) is 2.33. The van der Waals surface area contributed by atoms with Crippen molar-refractivity contribution in [1.82, 2.24) is 4.90 Å². The molecular weight excluding hydrogens is 254 g/mol. The van der Waals surface area contributed by atoms with Crippen LogP contribution in [0.3, 0.4) is 0 Å². The summed E-state index contributed by atoms with van der Waals surface area (Å²) in [5, 5.41) is 0.660. The first kappa shape index (κ1) is 14.4. The number of carbonyl (C=O) groups is 1. The standard InChI is InChI=1S/C13H18ClNOS/c1-4-15(5-2)13(16)10(3)17-12-8-6-11(14)7-9-12/h6-10H,4-5H2,1-3H3. The van der Waals surface area contributed by atoms with Gasteiger partial charge in [0.25, 0.3) is 0 Å². The minimum absolute atomic E-state index is 0.0592. The molecule has 1 rings (SSSR count). The highest BCUT2D eigenvalue weighted by Gasteiger charge is 2.18. The van der Waals surface area contributed by atoms with Gasteiger partial charge in [0.05, 0.1) is 5.25 Å². The van der Waals surface area contributed by atoms with Crippen LogP contribution in [0.5, 0.6) is 0 Å². The zero-order valence-electron chi connectivity index (χ0n) is 10.4. The molecule has 0 bridgehead atoms. The summed E-state index contributed by atoms with van der Waals surface area (Å²) < 4.78 is 0. The van der Waals surface area contributed by atoms with Crippen LogP contribution in [0.15, 0.2) is 29.2 Å². The lowest BCUT2D eigenvalue weighted by Crippen LogP contribution is -2.36. The Labute approximate surface area is 112 Å². The Balaban J connectivity index is 2.62. The van der Waals surface area contributed by atoms with Crippen LogP contribution < -0.4 is 0 Å². The minimum atomic E-state index is -0.0592. The Morgan fingerprint density at radius 1 is 1.29 bits per heavy atom. The molecule has 0 fully saturated rings. The monoisotopic (exact) mass is 271 g/mol. The normalized spacial score (nSPS) is 12.2. The number of hydrogen-bond acceptors (Lipinski definition) is 2. The van der Waals surface area contributed by atoms with Crippen LogP contribution in [0.1, 0.15) is 20.8 Å². The highest BCUT2D eigenvalue weighted by atomic mass is 35.5. The van der Waals surface area contributed by atoms with E-state index >= 15 is 0 Å². The summed E-state index contributed by atoms with van der Waals surface area (Å²) >= 11 is 7.39. The van der Waals surface area contributed by atoms with E-state index in [-0.39, 0.29) is 11.2 Å². The molecule has 0 aliphatic carbocycles. The molecule has 2 nitrogen and oxygen atoms in total. The van der Waals surface area contributed by atoms with Gasteiger partial charge in [0.15, 0.2) is 0 Å². The number of carbonyl (C=O) groups excluding carboxylic acids is 1. The van der Waals surface area contributed by atoms with Crippen LogP contribution in [0.4, 0.5) is 0 Å². The summed E-state index contributed by atoms with van der Waals surface area (Å²) in [6.45, 7) is 7.48. The highest BCUT2D eigenvalue weighted by molar-refractivity contribution is 8.00. The van der Waals surface area contributed by atoms with Gasteiger partial charge in [-0.3, -0.25) is 4.79 Å². The first-order valence-corrected chi connectivity index (χ1v) is 7.05. The van der Waals surface area contributed by atoms with Gasteiger partial charge in [-0.25, -0.2) is 0 Å². The molecule has 0 spiro atoms. The Kier molecular flexibility index (Phi) is 5.86. The summed E-state index contributed by atoms with van der Waals surface area (Å²) in [7, 11) is 0. The van der Waals surface area contributed by atoms with Crippen LogP contribution >= 0.6 is 23.4 Å². The lowest BCUT2D eigenvalue weighted by molar-refractivity contribution is -0.129. The van der Waals surface area contributed by atoms with Gasteiger partial charge in [-0.1, -0.05) is 11.6 Å². The van der Waals surface area contributed by atoms with Crippen LogP contribution in [0, 0.1) is 0 Å². The van der Waals surface area contributed by atoms with Crippen LogP contribution in [0.2, 0.25) is 5.02 Å². The maximum Gasteiger partial charge on any atom is 0.235 e. The van der Waals surface area contributed by atoms with Gasteiger partial charge < -0.3 is 4.90 Å². The molecule has 0 saturated heterocycles. The fourth-order valence-corrected chi connectivity index (χ4v) is 2.64. The van der Waals surface area contributed by atoms with E-state index in [9.17, 15) is 4.79 Å². The van der Waals surface area contributed by atoms with Crippen molar-refractivity contribution in [2.24, 2.45) is 0 Å². The van der Waals surface area contributed by atoms with E-state index in [0.717, 1.165) is 23.0 Å². The van der Waals surface area contributed by atoms with Gasteiger partial charge in [-0.05, 0) is 45.0 Å². The second-order valence-corrected chi connectivity index (χ2v) is 5.58. The number of hydrogen-bond donors (Lipinski definition) is 0. The van der Waals surface area contributed by atoms with Crippen molar-refractivity contribution in [3.05, 3.63) is 29.3 Å². The molecule has 1 amide bonds. The molecule has 0 saturated carbocycles. The molecule has 17 heavy (non-hydrogen) atoms. The van der Waals surface area contributed by atoms with Gasteiger partial charge in [0, 0.05) is 23.0 Å². The summed E-state index contributed by atoms with van der Waals surface area (Å²) in [5.41, 5.74) is 0. The Hall–Kier alpha value is -0.670. The lowest BCUT2D eigenvalue weighted by Gasteiger charge is -2.22. The van der Waals surface area contributed by atoms with Gasteiger partial charge >= 0.3 is 0 Å². The van der Waals surface area contributed by atoms with E-state index in [4.69, 9.17) is 11.6 Å². The number of thioether (sulfide) groups is 1. The molecule has 1 unspecified atom stereocenters. The third-order valence-electron chi connectivity index (χ3n) is 2.55. The maximum atomic E-state index is 12.1. The molecule has 0 aromatic heterocycles. The second-order valence-electron chi connectivity index (χ2n) is 3.72. The molecule has 0 N–H and O–H groups in total. The third kappa shape index (κ3) is 4.25. The van der Waals surface area contributed by atoms with Crippen LogP contribution in [-0.4, -0.2) is 29.1 Å². The number of halogens is 1. The van der Waals surface area contributed by atoms with E-state index < -0.39 is 0 Å². The van der Waals surface area contributed by atoms with Crippen LogP contribution in [-0.2, 0) is 4.79 Å². The van der Waals surface area contributed by atoms with Gasteiger partial charge in [0.1, 0.15) is 0 Å². The van der Waals surface area contributed by atoms with Crippen molar-refractivity contribution >= 4 is 29.3 Å². The largest absolute Gasteiger partial charge is 0.342 e. The fourth-order valence-electron chi connectivity index (χ4n) is 1.56. The summed E-state index contributed by atoms with van der Waals surface area (Å²) in [6.07, 6.45) is 0. The first-order valence-electron chi connectivity index (χ1n) is 5.79. The zero-order valence-corrected chi connectivity index (χ0v) is 12.0. The van der Waals surface area contributed by atoms with Crippen molar-refractivity contribution in [1.29, 1.82) is 0 Å². The maximum absolute atomic E-state index is 12.1. The van der Waals surface area contributed by atoms with E-state index in [1.165, 1.54) is 0 Å². The van der Waals surface area contributed by atoms with Crippen molar-refractivity contribution in [3.63, 3.8) is 0 Å². The predicted octanol–water partition coefficient (Wildman–Crippen LogP) is 3.69. The molecule has 1 aromatic carbocycles. The highest BCUT2D eigenvalue weighted by Crippen LogP contribution is 2.25. The summed E-state index contributed by atoms with van der Waals surface area (Å²) in [6, 6.07) is 7.58. The summed E-state index contributed by atoms with van der Waals surface area (Å²) in [4.78, 5) is 15.0. The topological polar surface area (TPSA) is 20.3 Å². The van der Waals surface area contributed by atoms with E-state index in [1.54, 1.807) is 11.8 Å². The molecule has 0 aliphatic heterocycles. The third-order valence-corrected chi connectivity index (χ3v) is 3.90. The lowest BCUT2D eigenvalue weighted by atomic mass is 10.3. The number of rotatable bonds is 5. The molecule has 1 atom stereocenters. The first-order chi connectivity index (χ1) is 8.08.